The highest BCUT2D eigenvalue weighted by Crippen LogP contribution is 2.18. The molecule has 0 aliphatic carbocycles. The molecule has 0 radical (unpaired) electrons. The predicted molar refractivity (Wildman–Crippen MR) is 46.5 cm³/mol. The quantitative estimate of drug-likeness (QED) is 0.569. The smallest absolute Gasteiger partial charge is 0.411 e. The maximum Gasteiger partial charge on any atom is 0.457 e. The Bertz CT molecular complexity index is 119. The molecule has 0 unspecified atom stereocenters. The van der Waals surface area contributed by atoms with Crippen LogP contribution in [0.1, 0.15) is 27.2 Å². The van der Waals surface area contributed by atoms with Crippen LogP contribution in [0.4, 0.5) is 0 Å². The van der Waals surface area contributed by atoms with Gasteiger partial charge in [0.15, 0.2) is 0 Å². The van der Waals surface area contributed by atoms with Gasteiger partial charge in [-0.2, -0.15) is 0 Å². The standard InChI is InChI=1S/C8H17BO2/c1-4-5-9-10-6-7(2)8(3)11-9/h7-8H,4-6H2,1-3H3/t7-,8-/m1/s1. The molecular formula is C8H17BO2. The molecule has 1 aliphatic rings. The number of rotatable bonds is 2. The second-order valence-corrected chi connectivity index (χ2v) is 3.37. The first kappa shape index (κ1) is 9.08. The molecule has 2 nitrogen and oxygen atoms in total. The molecule has 0 N–H and O–H groups in total. The van der Waals surface area contributed by atoms with Crippen LogP contribution in [0.2, 0.25) is 6.32 Å². The predicted octanol–water partition coefficient (Wildman–Crippen LogP) is 1.96. The summed E-state index contributed by atoms with van der Waals surface area (Å²) in [7, 11) is 0.0613. The third-order valence-electron chi connectivity index (χ3n) is 2.24. The molecule has 1 heterocycles. The monoisotopic (exact) mass is 156 g/mol. The van der Waals surface area contributed by atoms with E-state index in [4.69, 9.17) is 9.31 Å². The van der Waals surface area contributed by atoms with Gasteiger partial charge in [-0.25, -0.2) is 0 Å². The third-order valence-corrected chi connectivity index (χ3v) is 2.24. The zero-order valence-corrected chi connectivity index (χ0v) is 7.67. The summed E-state index contributed by atoms with van der Waals surface area (Å²) in [6.07, 6.45) is 2.52. The zero-order chi connectivity index (χ0) is 8.27. The molecule has 0 aromatic heterocycles. The van der Waals surface area contributed by atoms with E-state index in [0.29, 0.717) is 12.0 Å². The lowest BCUT2D eigenvalue weighted by Crippen LogP contribution is -2.39. The summed E-state index contributed by atoms with van der Waals surface area (Å²) < 4.78 is 11.1. The van der Waals surface area contributed by atoms with E-state index in [9.17, 15) is 0 Å². The SMILES string of the molecule is CCCB1OC[C@@H](C)[C@@H](C)O1. The second kappa shape index (κ2) is 4.12. The van der Waals surface area contributed by atoms with E-state index in [1.165, 1.54) is 0 Å². The Morgan fingerprint density at radius 1 is 1.45 bits per heavy atom. The summed E-state index contributed by atoms with van der Waals surface area (Å²) in [4.78, 5) is 0. The van der Waals surface area contributed by atoms with E-state index in [1.54, 1.807) is 0 Å². The Balaban J connectivity index is 2.28. The average molecular weight is 156 g/mol. The van der Waals surface area contributed by atoms with Crippen LogP contribution >= 0.6 is 0 Å². The van der Waals surface area contributed by atoms with Crippen LogP contribution < -0.4 is 0 Å². The van der Waals surface area contributed by atoms with Gasteiger partial charge in [0.05, 0.1) is 0 Å². The Kier molecular flexibility index (Phi) is 3.40. The van der Waals surface area contributed by atoms with Crippen molar-refractivity contribution >= 4 is 7.12 Å². The molecule has 3 heteroatoms. The minimum absolute atomic E-state index is 0.0613. The molecule has 64 valence electrons. The van der Waals surface area contributed by atoms with Crippen LogP contribution in [0.15, 0.2) is 0 Å². The van der Waals surface area contributed by atoms with Gasteiger partial charge in [0.2, 0.25) is 0 Å². The van der Waals surface area contributed by atoms with Crippen LogP contribution in [0.3, 0.4) is 0 Å². The largest absolute Gasteiger partial charge is 0.457 e. The minimum Gasteiger partial charge on any atom is -0.411 e. The van der Waals surface area contributed by atoms with E-state index in [0.717, 1.165) is 19.3 Å². The highest BCUT2D eigenvalue weighted by Gasteiger charge is 2.28. The summed E-state index contributed by atoms with van der Waals surface area (Å²) in [6, 6.07) is 0. The van der Waals surface area contributed by atoms with Crippen molar-refractivity contribution in [1.29, 1.82) is 0 Å². The zero-order valence-electron chi connectivity index (χ0n) is 7.67. The molecule has 1 rings (SSSR count). The van der Waals surface area contributed by atoms with Gasteiger partial charge in [0, 0.05) is 18.6 Å². The van der Waals surface area contributed by atoms with Crippen molar-refractivity contribution in [3.63, 3.8) is 0 Å². The van der Waals surface area contributed by atoms with E-state index in [2.05, 4.69) is 20.8 Å². The first-order valence-corrected chi connectivity index (χ1v) is 4.51. The van der Waals surface area contributed by atoms with Crippen LogP contribution in [0.5, 0.6) is 0 Å². The van der Waals surface area contributed by atoms with Crippen molar-refractivity contribution in [3.05, 3.63) is 0 Å². The van der Waals surface area contributed by atoms with Crippen LogP contribution in [-0.2, 0) is 9.31 Å². The van der Waals surface area contributed by atoms with E-state index in [-0.39, 0.29) is 7.12 Å². The van der Waals surface area contributed by atoms with Crippen molar-refractivity contribution in [2.45, 2.75) is 39.6 Å². The first-order valence-electron chi connectivity index (χ1n) is 4.51. The topological polar surface area (TPSA) is 18.5 Å². The van der Waals surface area contributed by atoms with Crippen molar-refractivity contribution in [3.8, 4) is 0 Å². The fraction of sp³-hybridized carbons (Fsp3) is 1.00. The normalized spacial score (nSPS) is 32.5. The van der Waals surface area contributed by atoms with Gasteiger partial charge in [-0.05, 0) is 13.2 Å². The lowest BCUT2D eigenvalue weighted by atomic mass is 9.80. The average Bonchev–Trinajstić information content (AvgIpc) is 1.98. The Morgan fingerprint density at radius 3 is 2.73 bits per heavy atom. The second-order valence-electron chi connectivity index (χ2n) is 3.37. The minimum atomic E-state index is 0.0613. The summed E-state index contributed by atoms with van der Waals surface area (Å²) >= 11 is 0. The van der Waals surface area contributed by atoms with Gasteiger partial charge in [-0.3, -0.25) is 0 Å². The molecule has 0 bridgehead atoms. The molecule has 0 aromatic carbocycles. The first-order chi connectivity index (χ1) is 5.24. The summed E-state index contributed by atoms with van der Waals surface area (Å²) in [5, 5.41) is 0. The molecule has 1 saturated heterocycles. The summed E-state index contributed by atoms with van der Waals surface area (Å²) in [5.74, 6) is 0.545. The van der Waals surface area contributed by atoms with Crippen molar-refractivity contribution in [1.82, 2.24) is 0 Å². The fourth-order valence-electron chi connectivity index (χ4n) is 1.19. The molecule has 1 aliphatic heterocycles. The summed E-state index contributed by atoms with van der Waals surface area (Å²) in [6.45, 7) is 7.28. The van der Waals surface area contributed by atoms with Crippen molar-refractivity contribution < 1.29 is 9.31 Å². The lowest BCUT2D eigenvalue weighted by Gasteiger charge is -2.30. The number of hydrogen-bond acceptors (Lipinski definition) is 2. The molecule has 0 spiro atoms. The van der Waals surface area contributed by atoms with Gasteiger partial charge in [0.25, 0.3) is 0 Å². The lowest BCUT2D eigenvalue weighted by molar-refractivity contribution is 0.0309. The molecule has 0 saturated carbocycles. The molecular weight excluding hydrogens is 139 g/mol. The Hall–Kier alpha value is -0.0151. The Labute approximate surface area is 69.4 Å². The molecule has 1 fully saturated rings. The summed E-state index contributed by atoms with van der Waals surface area (Å²) in [5.41, 5.74) is 0. The maximum absolute atomic E-state index is 5.62. The van der Waals surface area contributed by atoms with E-state index in [1.807, 2.05) is 0 Å². The highest BCUT2D eigenvalue weighted by molar-refractivity contribution is 6.44. The van der Waals surface area contributed by atoms with Crippen LogP contribution in [0, 0.1) is 5.92 Å². The van der Waals surface area contributed by atoms with Gasteiger partial charge in [-0.15, -0.1) is 0 Å². The fourth-order valence-corrected chi connectivity index (χ4v) is 1.19. The van der Waals surface area contributed by atoms with Crippen LogP contribution in [-0.4, -0.2) is 19.8 Å². The maximum atomic E-state index is 5.62. The van der Waals surface area contributed by atoms with Gasteiger partial charge in [-0.1, -0.05) is 20.3 Å². The van der Waals surface area contributed by atoms with Crippen molar-refractivity contribution in [2.24, 2.45) is 5.92 Å². The number of hydrogen-bond donors (Lipinski definition) is 0. The third kappa shape index (κ3) is 2.49. The molecule has 2 atom stereocenters. The van der Waals surface area contributed by atoms with Gasteiger partial charge < -0.3 is 9.31 Å². The highest BCUT2D eigenvalue weighted by atomic mass is 16.6. The van der Waals surface area contributed by atoms with E-state index >= 15 is 0 Å². The molecule has 0 aromatic rings. The molecule has 11 heavy (non-hydrogen) atoms. The Morgan fingerprint density at radius 2 is 2.18 bits per heavy atom. The van der Waals surface area contributed by atoms with E-state index < -0.39 is 0 Å². The molecule has 0 amide bonds. The van der Waals surface area contributed by atoms with Crippen LogP contribution in [0.25, 0.3) is 0 Å². The van der Waals surface area contributed by atoms with Gasteiger partial charge >= 0.3 is 7.12 Å². The van der Waals surface area contributed by atoms with Crippen molar-refractivity contribution in [2.75, 3.05) is 6.61 Å². The van der Waals surface area contributed by atoms with Gasteiger partial charge in [0.1, 0.15) is 0 Å².